The highest BCUT2D eigenvalue weighted by atomic mass is 14.6. The highest BCUT2D eigenvalue weighted by Crippen LogP contribution is 2.64. The van der Waals surface area contributed by atoms with Gasteiger partial charge in [-0.1, -0.05) is 89.9 Å². The van der Waals surface area contributed by atoms with Crippen molar-refractivity contribution in [2.24, 2.45) is 22.7 Å². The van der Waals surface area contributed by atoms with Crippen molar-refractivity contribution in [3.05, 3.63) is 0 Å². The number of hydrogen-bond donors (Lipinski definition) is 0. The van der Waals surface area contributed by atoms with Gasteiger partial charge < -0.3 is 0 Å². The number of rotatable bonds is 6. The van der Waals surface area contributed by atoms with Crippen LogP contribution in [0.5, 0.6) is 0 Å². The minimum Gasteiger partial charge on any atom is -0.0533 e. The third-order valence-electron chi connectivity index (χ3n) is 9.76. The zero-order valence-electron chi connectivity index (χ0n) is 17.7. The molecule has 150 valence electrons. The van der Waals surface area contributed by atoms with Gasteiger partial charge in [0.1, 0.15) is 0 Å². The molecular formula is C26H46. The normalized spacial score (nSPS) is 37.4. The van der Waals surface area contributed by atoms with Crippen molar-refractivity contribution in [3.8, 4) is 0 Å². The monoisotopic (exact) mass is 358 g/mol. The molecule has 0 N–H and O–H groups in total. The average molecular weight is 359 g/mol. The van der Waals surface area contributed by atoms with E-state index in [1.807, 2.05) is 0 Å². The van der Waals surface area contributed by atoms with Crippen LogP contribution in [-0.4, -0.2) is 0 Å². The molecule has 0 unspecified atom stereocenters. The Labute approximate surface area is 164 Å². The third kappa shape index (κ3) is 4.20. The van der Waals surface area contributed by atoms with E-state index in [0.29, 0.717) is 0 Å². The van der Waals surface area contributed by atoms with Gasteiger partial charge in [0, 0.05) is 0 Å². The van der Waals surface area contributed by atoms with Gasteiger partial charge in [-0.25, -0.2) is 0 Å². The second-order valence-electron chi connectivity index (χ2n) is 11.1. The SMILES string of the molecule is C1CCC(CCC23CCCCC2(CCC2CCCCC2)CCCC3)CC1. The van der Waals surface area contributed by atoms with E-state index in [-0.39, 0.29) is 0 Å². The topological polar surface area (TPSA) is 0 Å². The van der Waals surface area contributed by atoms with Crippen LogP contribution in [-0.2, 0) is 0 Å². The Bertz CT molecular complexity index is 358. The van der Waals surface area contributed by atoms with E-state index in [0.717, 1.165) is 22.7 Å². The molecule has 0 heterocycles. The molecule has 0 amide bonds. The standard InChI is InChI=1S/C26H46/c1-3-11-23(12-4-1)15-21-25-17-7-9-19-26(25,20-10-8-18-25)22-16-24-13-5-2-6-14-24/h23-24H,1-22H2. The van der Waals surface area contributed by atoms with Crippen LogP contribution in [0.2, 0.25) is 0 Å². The first kappa shape index (κ1) is 19.3. The van der Waals surface area contributed by atoms with Crippen LogP contribution in [0.1, 0.15) is 141 Å². The summed E-state index contributed by atoms with van der Waals surface area (Å²) in [5.41, 5.74) is 1.55. The Morgan fingerprint density at radius 1 is 0.423 bits per heavy atom. The minimum absolute atomic E-state index is 0.773. The predicted molar refractivity (Wildman–Crippen MR) is 113 cm³/mol. The second-order valence-corrected chi connectivity index (χ2v) is 11.1. The van der Waals surface area contributed by atoms with Crippen molar-refractivity contribution in [1.29, 1.82) is 0 Å². The van der Waals surface area contributed by atoms with Gasteiger partial charge in [0.05, 0.1) is 0 Å². The predicted octanol–water partition coefficient (Wildman–Crippen LogP) is 8.83. The molecule has 0 atom stereocenters. The van der Waals surface area contributed by atoms with E-state index < -0.39 is 0 Å². The molecule has 0 spiro atoms. The first-order valence-electron chi connectivity index (χ1n) is 12.8. The Hall–Kier alpha value is 0. The van der Waals surface area contributed by atoms with Gasteiger partial charge in [-0.15, -0.1) is 0 Å². The molecule has 0 aromatic rings. The Morgan fingerprint density at radius 2 is 0.769 bits per heavy atom. The van der Waals surface area contributed by atoms with Crippen LogP contribution in [0, 0.1) is 22.7 Å². The third-order valence-corrected chi connectivity index (χ3v) is 9.76. The minimum atomic E-state index is 0.773. The highest BCUT2D eigenvalue weighted by molar-refractivity contribution is 5.03. The van der Waals surface area contributed by atoms with Crippen molar-refractivity contribution in [2.75, 3.05) is 0 Å². The van der Waals surface area contributed by atoms with Gasteiger partial charge in [0.2, 0.25) is 0 Å². The van der Waals surface area contributed by atoms with Gasteiger partial charge in [-0.05, 0) is 74.0 Å². The Kier molecular flexibility index (Phi) is 6.69. The molecule has 4 rings (SSSR count). The van der Waals surface area contributed by atoms with Crippen LogP contribution in [0.25, 0.3) is 0 Å². The lowest BCUT2D eigenvalue weighted by Crippen LogP contribution is -2.47. The first-order valence-corrected chi connectivity index (χ1v) is 12.8. The first-order chi connectivity index (χ1) is 12.8. The van der Waals surface area contributed by atoms with Crippen molar-refractivity contribution in [1.82, 2.24) is 0 Å². The fourth-order valence-electron chi connectivity index (χ4n) is 8.11. The van der Waals surface area contributed by atoms with E-state index >= 15 is 0 Å². The molecule has 26 heavy (non-hydrogen) atoms. The summed E-state index contributed by atoms with van der Waals surface area (Å²) in [6.07, 6.45) is 34.4. The quantitative estimate of drug-likeness (QED) is 0.445. The van der Waals surface area contributed by atoms with Crippen LogP contribution >= 0.6 is 0 Å². The van der Waals surface area contributed by atoms with Crippen LogP contribution < -0.4 is 0 Å². The van der Waals surface area contributed by atoms with Crippen LogP contribution in [0.4, 0.5) is 0 Å². The van der Waals surface area contributed by atoms with Gasteiger partial charge in [-0.2, -0.15) is 0 Å². The zero-order valence-corrected chi connectivity index (χ0v) is 17.7. The number of fused-ring (bicyclic) bond motifs is 1. The fourth-order valence-corrected chi connectivity index (χ4v) is 8.11. The van der Waals surface area contributed by atoms with Crippen molar-refractivity contribution >= 4 is 0 Å². The highest BCUT2D eigenvalue weighted by Gasteiger charge is 2.52. The molecule has 0 aromatic carbocycles. The molecule has 0 bridgehead atoms. The van der Waals surface area contributed by atoms with Gasteiger partial charge in [0.25, 0.3) is 0 Å². The molecule has 0 saturated heterocycles. The molecule has 4 aliphatic rings. The Morgan fingerprint density at radius 3 is 1.12 bits per heavy atom. The molecule has 4 saturated carbocycles. The average Bonchev–Trinajstić information content (AvgIpc) is 2.72. The van der Waals surface area contributed by atoms with E-state index in [4.69, 9.17) is 0 Å². The lowest BCUT2D eigenvalue weighted by molar-refractivity contribution is -0.0767. The summed E-state index contributed by atoms with van der Waals surface area (Å²) in [6, 6.07) is 0. The molecule has 0 heteroatoms. The van der Waals surface area contributed by atoms with Crippen molar-refractivity contribution in [3.63, 3.8) is 0 Å². The molecule has 0 radical (unpaired) electrons. The molecular weight excluding hydrogens is 312 g/mol. The second kappa shape index (κ2) is 9.00. The van der Waals surface area contributed by atoms with Gasteiger partial charge in [0.15, 0.2) is 0 Å². The molecule has 0 nitrogen and oxygen atoms in total. The lowest BCUT2D eigenvalue weighted by atomic mass is 9.47. The van der Waals surface area contributed by atoms with E-state index in [2.05, 4.69) is 0 Å². The summed E-state index contributed by atoms with van der Waals surface area (Å²) in [5.74, 6) is 2.19. The number of hydrogen-bond acceptors (Lipinski definition) is 0. The molecule has 0 aromatic heterocycles. The maximum absolute atomic E-state index is 1.61. The van der Waals surface area contributed by atoms with Gasteiger partial charge in [-0.3, -0.25) is 0 Å². The molecule has 4 aliphatic carbocycles. The largest absolute Gasteiger partial charge is 0.0533 e. The van der Waals surface area contributed by atoms with E-state index in [1.54, 1.807) is 103 Å². The summed E-state index contributed by atoms with van der Waals surface area (Å²) in [5, 5.41) is 0. The summed E-state index contributed by atoms with van der Waals surface area (Å²) in [6.45, 7) is 0. The van der Waals surface area contributed by atoms with Crippen molar-refractivity contribution < 1.29 is 0 Å². The van der Waals surface area contributed by atoms with E-state index in [9.17, 15) is 0 Å². The van der Waals surface area contributed by atoms with E-state index in [1.165, 1.54) is 38.5 Å². The lowest BCUT2D eigenvalue weighted by Gasteiger charge is -2.58. The summed E-state index contributed by atoms with van der Waals surface area (Å²) >= 11 is 0. The van der Waals surface area contributed by atoms with Crippen LogP contribution in [0.15, 0.2) is 0 Å². The van der Waals surface area contributed by atoms with Crippen molar-refractivity contribution in [2.45, 2.75) is 141 Å². The Balaban J connectivity index is 1.42. The molecule has 4 fully saturated rings. The summed E-state index contributed by atoms with van der Waals surface area (Å²) < 4.78 is 0. The summed E-state index contributed by atoms with van der Waals surface area (Å²) in [7, 11) is 0. The van der Waals surface area contributed by atoms with Crippen LogP contribution in [0.3, 0.4) is 0 Å². The zero-order chi connectivity index (χ0) is 17.7. The maximum Gasteiger partial charge on any atom is -0.0241 e. The smallest absolute Gasteiger partial charge is 0.0241 e. The van der Waals surface area contributed by atoms with Gasteiger partial charge >= 0.3 is 0 Å². The maximum atomic E-state index is 1.61. The molecule has 0 aliphatic heterocycles. The fraction of sp³-hybridized carbons (Fsp3) is 1.00. The summed E-state index contributed by atoms with van der Waals surface area (Å²) in [4.78, 5) is 0.